The molecular formula is C14H19ClO3. The third kappa shape index (κ3) is 5.07. The maximum Gasteiger partial charge on any atom is 0.159 e. The zero-order valence-corrected chi connectivity index (χ0v) is 12.0. The van der Waals surface area contributed by atoms with Crippen LogP contribution in [0.5, 0.6) is 5.75 Å². The molecule has 0 bridgehead atoms. The molecule has 0 saturated heterocycles. The molecule has 4 heteroatoms. The lowest BCUT2D eigenvalue weighted by Crippen LogP contribution is -2.22. The number of hydrogen-bond acceptors (Lipinski definition) is 3. The van der Waals surface area contributed by atoms with Crippen LogP contribution in [0.1, 0.15) is 38.1 Å². The SMILES string of the molecule is CC(=O)c1ccc(OCCOC(C)(C)C)c(Cl)c1. The Hall–Kier alpha value is -1.06. The minimum Gasteiger partial charge on any atom is -0.490 e. The second-order valence-electron chi connectivity index (χ2n) is 5.01. The van der Waals surface area contributed by atoms with E-state index in [0.717, 1.165) is 0 Å². The van der Waals surface area contributed by atoms with Crippen LogP contribution in [0.15, 0.2) is 18.2 Å². The number of ketones is 1. The van der Waals surface area contributed by atoms with Gasteiger partial charge in [0.15, 0.2) is 5.78 Å². The Morgan fingerprint density at radius 1 is 1.28 bits per heavy atom. The summed E-state index contributed by atoms with van der Waals surface area (Å²) >= 11 is 6.02. The van der Waals surface area contributed by atoms with Crippen LogP contribution in [0.4, 0.5) is 0 Å². The maximum absolute atomic E-state index is 11.2. The van der Waals surface area contributed by atoms with Crippen molar-refractivity contribution in [3.8, 4) is 5.75 Å². The Labute approximate surface area is 113 Å². The van der Waals surface area contributed by atoms with Crippen molar-refractivity contribution in [1.29, 1.82) is 0 Å². The van der Waals surface area contributed by atoms with Gasteiger partial charge in [-0.05, 0) is 45.9 Å². The van der Waals surface area contributed by atoms with E-state index in [-0.39, 0.29) is 11.4 Å². The van der Waals surface area contributed by atoms with E-state index >= 15 is 0 Å². The summed E-state index contributed by atoms with van der Waals surface area (Å²) in [6.45, 7) is 8.39. The van der Waals surface area contributed by atoms with Gasteiger partial charge in [-0.15, -0.1) is 0 Å². The third-order valence-corrected chi connectivity index (χ3v) is 2.51. The average molecular weight is 271 g/mol. The molecular weight excluding hydrogens is 252 g/mol. The van der Waals surface area contributed by atoms with Crippen LogP contribution in [0, 0.1) is 0 Å². The molecule has 0 fully saturated rings. The molecule has 1 aromatic rings. The average Bonchev–Trinajstić information content (AvgIpc) is 2.24. The number of carbonyl (C=O) groups is 1. The quantitative estimate of drug-likeness (QED) is 0.604. The van der Waals surface area contributed by atoms with Gasteiger partial charge in [-0.2, -0.15) is 0 Å². The zero-order chi connectivity index (χ0) is 13.8. The number of hydrogen-bond donors (Lipinski definition) is 0. The molecule has 0 N–H and O–H groups in total. The number of carbonyl (C=O) groups excluding carboxylic acids is 1. The van der Waals surface area contributed by atoms with Crippen LogP contribution in [0.25, 0.3) is 0 Å². The van der Waals surface area contributed by atoms with Gasteiger partial charge in [-0.25, -0.2) is 0 Å². The van der Waals surface area contributed by atoms with E-state index in [2.05, 4.69) is 0 Å². The molecule has 1 rings (SSSR count). The molecule has 18 heavy (non-hydrogen) atoms. The first-order chi connectivity index (χ1) is 8.29. The molecule has 0 aromatic heterocycles. The van der Waals surface area contributed by atoms with Gasteiger partial charge < -0.3 is 9.47 Å². The normalized spacial score (nSPS) is 11.4. The van der Waals surface area contributed by atoms with Crippen molar-refractivity contribution < 1.29 is 14.3 Å². The van der Waals surface area contributed by atoms with Crippen LogP contribution in [0.2, 0.25) is 5.02 Å². The van der Waals surface area contributed by atoms with Gasteiger partial charge in [0.05, 0.1) is 17.2 Å². The molecule has 0 aliphatic rings. The Bertz CT molecular complexity index is 422. The highest BCUT2D eigenvalue weighted by atomic mass is 35.5. The highest BCUT2D eigenvalue weighted by Gasteiger charge is 2.10. The molecule has 0 aliphatic heterocycles. The lowest BCUT2D eigenvalue weighted by atomic mass is 10.1. The molecule has 0 aliphatic carbocycles. The van der Waals surface area contributed by atoms with Crippen molar-refractivity contribution in [2.24, 2.45) is 0 Å². The molecule has 0 spiro atoms. The predicted molar refractivity (Wildman–Crippen MR) is 72.7 cm³/mol. The fraction of sp³-hybridized carbons (Fsp3) is 0.500. The highest BCUT2D eigenvalue weighted by molar-refractivity contribution is 6.32. The summed E-state index contributed by atoms with van der Waals surface area (Å²) in [4.78, 5) is 11.2. The van der Waals surface area contributed by atoms with Crippen LogP contribution >= 0.6 is 11.6 Å². The lowest BCUT2D eigenvalue weighted by Gasteiger charge is -2.19. The third-order valence-electron chi connectivity index (χ3n) is 2.21. The predicted octanol–water partition coefficient (Wildman–Crippen LogP) is 3.74. The van der Waals surface area contributed by atoms with Crippen molar-refractivity contribution >= 4 is 17.4 Å². The Morgan fingerprint density at radius 2 is 1.94 bits per heavy atom. The smallest absolute Gasteiger partial charge is 0.159 e. The number of benzene rings is 1. The van der Waals surface area contributed by atoms with Gasteiger partial charge >= 0.3 is 0 Å². The highest BCUT2D eigenvalue weighted by Crippen LogP contribution is 2.25. The van der Waals surface area contributed by atoms with Crippen molar-refractivity contribution in [1.82, 2.24) is 0 Å². The van der Waals surface area contributed by atoms with E-state index in [0.29, 0.717) is 29.5 Å². The largest absolute Gasteiger partial charge is 0.490 e. The molecule has 0 atom stereocenters. The number of halogens is 1. The first-order valence-electron chi connectivity index (χ1n) is 5.87. The summed E-state index contributed by atoms with van der Waals surface area (Å²) in [5.41, 5.74) is 0.407. The van der Waals surface area contributed by atoms with E-state index in [1.807, 2.05) is 20.8 Å². The fourth-order valence-electron chi connectivity index (χ4n) is 1.34. The second kappa shape index (κ2) is 6.21. The molecule has 0 amide bonds. The number of Topliss-reactive ketones (excluding diaryl/α,β-unsaturated/α-hetero) is 1. The summed E-state index contributed by atoms with van der Waals surface area (Å²) in [5.74, 6) is 0.554. The molecule has 3 nitrogen and oxygen atoms in total. The van der Waals surface area contributed by atoms with Crippen molar-refractivity contribution in [2.45, 2.75) is 33.3 Å². The van der Waals surface area contributed by atoms with E-state index in [1.54, 1.807) is 18.2 Å². The zero-order valence-electron chi connectivity index (χ0n) is 11.2. The van der Waals surface area contributed by atoms with Crippen molar-refractivity contribution in [3.63, 3.8) is 0 Å². The molecule has 0 saturated carbocycles. The van der Waals surface area contributed by atoms with Gasteiger partial charge in [0, 0.05) is 5.56 Å². The summed E-state index contributed by atoms with van der Waals surface area (Å²) < 4.78 is 11.0. The Kier molecular flexibility index (Phi) is 5.17. The molecule has 100 valence electrons. The second-order valence-corrected chi connectivity index (χ2v) is 5.42. The van der Waals surface area contributed by atoms with Crippen LogP contribution < -0.4 is 4.74 Å². The van der Waals surface area contributed by atoms with Crippen molar-refractivity contribution in [2.75, 3.05) is 13.2 Å². The van der Waals surface area contributed by atoms with E-state index in [1.165, 1.54) is 6.92 Å². The van der Waals surface area contributed by atoms with Crippen LogP contribution in [-0.2, 0) is 4.74 Å². The minimum atomic E-state index is -0.175. The standard InChI is InChI=1S/C14H19ClO3/c1-10(16)11-5-6-13(12(15)9-11)17-7-8-18-14(2,3)4/h5-6,9H,7-8H2,1-4H3. The maximum atomic E-state index is 11.2. The minimum absolute atomic E-state index is 0.0143. The Morgan fingerprint density at radius 3 is 2.44 bits per heavy atom. The number of ether oxygens (including phenoxy) is 2. The molecule has 0 unspecified atom stereocenters. The van der Waals surface area contributed by atoms with Crippen LogP contribution in [0.3, 0.4) is 0 Å². The monoisotopic (exact) mass is 270 g/mol. The first kappa shape index (κ1) is 15.0. The summed E-state index contributed by atoms with van der Waals surface area (Å²) in [7, 11) is 0. The van der Waals surface area contributed by atoms with Gasteiger partial charge in [0.2, 0.25) is 0 Å². The van der Waals surface area contributed by atoms with Crippen LogP contribution in [-0.4, -0.2) is 24.6 Å². The molecule has 0 radical (unpaired) electrons. The number of rotatable bonds is 5. The summed E-state index contributed by atoms with van der Waals surface area (Å²) in [6, 6.07) is 5.02. The van der Waals surface area contributed by atoms with Gasteiger partial charge in [0.1, 0.15) is 12.4 Å². The Balaban J connectivity index is 2.51. The topological polar surface area (TPSA) is 35.5 Å². The van der Waals surface area contributed by atoms with E-state index < -0.39 is 0 Å². The van der Waals surface area contributed by atoms with Gasteiger partial charge in [0.25, 0.3) is 0 Å². The van der Waals surface area contributed by atoms with Crippen molar-refractivity contribution in [3.05, 3.63) is 28.8 Å². The molecule has 1 aromatic carbocycles. The molecule has 0 heterocycles. The van der Waals surface area contributed by atoms with Gasteiger partial charge in [-0.1, -0.05) is 11.6 Å². The fourth-order valence-corrected chi connectivity index (χ4v) is 1.57. The lowest BCUT2D eigenvalue weighted by molar-refractivity contribution is -0.0162. The summed E-state index contributed by atoms with van der Waals surface area (Å²) in [5, 5.41) is 0.443. The first-order valence-corrected chi connectivity index (χ1v) is 6.24. The summed E-state index contributed by atoms with van der Waals surface area (Å²) in [6.07, 6.45) is 0. The van der Waals surface area contributed by atoms with E-state index in [9.17, 15) is 4.79 Å². The van der Waals surface area contributed by atoms with Gasteiger partial charge in [-0.3, -0.25) is 4.79 Å². The van der Waals surface area contributed by atoms with E-state index in [4.69, 9.17) is 21.1 Å².